The van der Waals surface area contributed by atoms with Crippen molar-refractivity contribution < 1.29 is 14.3 Å². The fourth-order valence-electron chi connectivity index (χ4n) is 5.17. The summed E-state index contributed by atoms with van der Waals surface area (Å²) in [6.45, 7) is 2.10. The van der Waals surface area contributed by atoms with Gasteiger partial charge in [0.1, 0.15) is 11.5 Å². The number of fused-ring (bicyclic) bond motifs is 2. The summed E-state index contributed by atoms with van der Waals surface area (Å²) in [6, 6.07) is 34.6. The molecule has 4 aromatic carbocycles. The van der Waals surface area contributed by atoms with Crippen LogP contribution in [0.2, 0.25) is 0 Å². The Balaban J connectivity index is 0.000000145. The number of Topliss-reactive ketones (excluding diaryl/α,β-unsaturated/α-hetero) is 1. The average molecular weight is 461 g/mol. The molecule has 3 heteroatoms. The fourth-order valence-corrected chi connectivity index (χ4v) is 5.17. The Bertz CT molecular complexity index is 1340. The van der Waals surface area contributed by atoms with Gasteiger partial charge < -0.3 is 4.74 Å². The molecule has 0 unspecified atom stereocenters. The van der Waals surface area contributed by atoms with Crippen molar-refractivity contribution in [3.05, 3.63) is 137 Å². The van der Waals surface area contributed by atoms with E-state index in [4.69, 9.17) is 4.74 Å². The van der Waals surface area contributed by atoms with E-state index in [0.29, 0.717) is 30.8 Å². The highest BCUT2D eigenvalue weighted by Crippen LogP contribution is 2.38. The second-order valence-electron chi connectivity index (χ2n) is 9.20. The number of hydrogen-bond donors (Lipinski definition) is 0. The third kappa shape index (κ3) is 4.95. The van der Waals surface area contributed by atoms with Crippen LogP contribution in [0.15, 0.2) is 103 Å². The largest absolute Gasteiger partial charge is 0.426 e. The van der Waals surface area contributed by atoms with Gasteiger partial charge in [-0.3, -0.25) is 9.59 Å². The number of hydrogen-bond acceptors (Lipinski definition) is 3. The molecule has 3 nitrogen and oxygen atoms in total. The topological polar surface area (TPSA) is 43.4 Å². The van der Waals surface area contributed by atoms with Crippen LogP contribution in [0.1, 0.15) is 58.1 Å². The summed E-state index contributed by atoms with van der Waals surface area (Å²) < 4.78 is 5.24. The molecule has 6 rings (SSSR count). The molecular weight excluding hydrogens is 432 g/mol. The first-order valence-electron chi connectivity index (χ1n) is 12.1. The van der Waals surface area contributed by atoms with Gasteiger partial charge in [0.25, 0.3) is 0 Å². The van der Waals surface area contributed by atoms with Crippen LogP contribution in [0.3, 0.4) is 0 Å². The number of ether oxygens (including phenoxy) is 1. The van der Waals surface area contributed by atoms with Crippen LogP contribution in [0.4, 0.5) is 0 Å². The number of esters is 1. The molecule has 0 amide bonds. The lowest BCUT2D eigenvalue weighted by Gasteiger charge is -2.26. The van der Waals surface area contributed by atoms with Crippen LogP contribution >= 0.6 is 0 Å². The molecule has 2 atom stereocenters. The van der Waals surface area contributed by atoms with E-state index in [2.05, 4.69) is 49.4 Å². The van der Waals surface area contributed by atoms with Crippen LogP contribution in [0.5, 0.6) is 5.75 Å². The fraction of sp³-hybridized carbons (Fsp3) is 0.188. The summed E-state index contributed by atoms with van der Waals surface area (Å²) >= 11 is 0. The molecule has 0 bridgehead atoms. The van der Waals surface area contributed by atoms with Gasteiger partial charge in [0.2, 0.25) is 0 Å². The average Bonchev–Trinajstić information content (AvgIpc) is 2.90. The summed E-state index contributed by atoms with van der Waals surface area (Å²) in [5.74, 6) is 1.25. The molecule has 2 aliphatic rings. The van der Waals surface area contributed by atoms with Crippen LogP contribution in [-0.4, -0.2) is 11.8 Å². The normalized spacial score (nSPS) is 18.4. The van der Waals surface area contributed by atoms with E-state index >= 15 is 0 Å². The van der Waals surface area contributed by atoms with E-state index < -0.39 is 0 Å². The van der Waals surface area contributed by atoms with Gasteiger partial charge in [-0.1, -0.05) is 97.1 Å². The molecule has 174 valence electrons. The van der Waals surface area contributed by atoms with Gasteiger partial charge in [0.05, 0.1) is 6.42 Å². The maximum Gasteiger partial charge on any atom is 0.312 e. The lowest BCUT2D eigenvalue weighted by molar-refractivity contribution is -0.135. The number of ketones is 1. The predicted octanol–water partition coefficient (Wildman–Crippen LogP) is 6.77. The Hall–Kier alpha value is -3.98. The minimum Gasteiger partial charge on any atom is -0.426 e. The number of rotatable bonds is 2. The first-order valence-corrected chi connectivity index (χ1v) is 12.1. The molecule has 1 aliphatic carbocycles. The zero-order valence-corrected chi connectivity index (χ0v) is 19.8. The third-order valence-corrected chi connectivity index (χ3v) is 6.92. The van der Waals surface area contributed by atoms with Crippen molar-refractivity contribution in [3.63, 3.8) is 0 Å². The Morgan fingerprint density at radius 3 is 1.89 bits per heavy atom. The molecule has 35 heavy (non-hydrogen) atoms. The molecular formula is C32H28O3. The highest BCUT2D eigenvalue weighted by atomic mass is 16.5. The van der Waals surface area contributed by atoms with Crippen LogP contribution in [-0.2, 0) is 16.0 Å². The summed E-state index contributed by atoms with van der Waals surface area (Å²) in [4.78, 5) is 23.5. The van der Waals surface area contributed by atoms with Gasteiger partial charge in [0.15, 0.2) is 0 Å². The molecule has 0 saturated carbocycles. The molecule has 0 aromatic heterocycles. The molecule has 0 fully saturated rings. The second-order valence-corrected chi connectivity index (χ2v) is 9.20. The quantitative estimate of drug-likeness (QED) is 0.245. The lowest BCUT2D eigenvalue weighted by atomic mass is 9.77. The van der Waals surface area contributed by atoms with Crippen molar-refractivity contribution in [2.75, 3.05) is 0 Å². The smallest absolute Gasteiger partial charge is 0.312 e. The number of para-hydroxylation sites is 1. The molecule has 0 radical (unpaired) electrons. The number of aryl methyl sites for hydroxylation is 1. The van der Waals surface area contributed by atoms with E-state index in [1.54, 1.807) is 0 Å². The summed E-state index contributed by atoms with van der Waals surface area (Å²) in [5.41, 5.74) is 7.32. The summed E-state index contributed by atoms with van der Waals surface area (Å²) in [7, 11) is 0. The standard InChI is InChI=1S/C17H16O.C15H12O2/c1-12-6-5-9-15-16(12)10-14(18)11-17(15)13-7-3-2-4-8-13;16-15-10-13(11-6-2-1-3-7-11)12-8-4-5-9-14(12)17-15/h2-9,17H,10-11H2,1H3;1-9,13H,10H2/t17-;13-/m00/s1. The number of benzene rings is 4. The minimum absolute atomic E-state index is 0.119. The van der Waals surface area contributed by atoms with E-state index in [1.807, 2.05) is 60.7 Å². The van der Waals surface area contributed by atoms with Crippen molar-refractivity contribution in [2.24, 2.45) is 0 Å². The Morgan fingerprint density at radius 2 is 1.20 bits per heavy atom. The first kappa shape index (κ1) is 22.8. The Morgan fingerprint density at radius 1 is 0.629 bits per heavy atom. The van der Waals surface area contributed by atoms with Crippen molar-refractivity contribution in [3.8, 4) is 5.75 Å². The predicted molar refractivity (Wildman–Crippen MR) is 138 cm³/mol. The highest BCUT2D eigenvalue weighted by Gasteiger charge is 2.28. The molecule has 1 heterocycles. The minimum atomic E-state index is -0.155. The maximum absolute atomic E-state index is 12.0. The van der Waals surface area contributed by atoms with Gasteiger partial charge in [-0.05, 0) is 40.8 Å². The molecule has 0 spiro atoms. The van der Waals surface area contributed by atoms with Gasteiger partial charge in [0, 0.05) is 30.2 Å². The highest BCUT2D eigenvalue weighted by molar-refractivity contribution is 5.85. The van der Waals surface area contributed by atoms with E-state index in [0.717, 1.165) is 11.1 Å². The van der Waals surface area contributed by atoms with Crippen LogP contribution < -0.4 is 4.74 Å². The van der Waals surface area contributed by atoms with Gasteiger partial charge in [-0.2, -0.15) is 0 Å². The molecule has 0 N–H and O–H groups in total. The van der Waals surface area contributed by atoms with Crippen molar-refractivity contribution in [1.82, 2.24) is 0 Å². The zero-order chi connectivity index (χ0) is 24.2. The maximum atomic E-state index is 12.0. The first-order chi connectivity index (χ1) is 17.1. The van der Waals surface area contributed by atoms with Crippen LogP contribution in [0.25, 0.3) is 0 Å². The van der Waals surface area contributed by atoms with E-state index in [1.165, 1.54) is 22.3 Å². The zero-order valence-electron chi connectivity index (χ0n) is 19.8. The van der Waals surface area contributed by atoms with Gasteiger partial charge in [-0.15, -0.1) is 0 Å². The number of carbonyl (C=O) groups excluding carboxylic acids is 2. The Kier molecular flexibility index (Phi) is 6.58. The van der Waals surface area contributed by atoms with Crippen molar-refractivity contribution in [1.29, 1.82) is 0 Å². The van der Waals surface area contributed by atoms with Crippen molar-refractivity contribution in [2.45, 2.75) is 38.0 Å². The Labute approximate surface area is 206 Å². The molecule has 4 aromatic rings. The molecule has 1 aliphatic heterocycles. The van der Waals surface area contributed by atoms with Crippen LogP contribution in [0, 0.1) is 6.92 Å². The van der Waals surface area contributed by atoms with E-state index in [9.17, 15) is 9.59 Å². The van der Waals surface area contributed by atoms with Gasteiger partial charge in [-0.25, -0.2) is 0 Å². The summed E-state index contributed by atoms with van der Waals surface area (Å²) in [5, 5.41) is 0. The molecule has 0 saturated heterocycles. The van der Waals surface area contributed by atoms with E-state index in [-0.39, 0.29) is 17.8 Å². The third-order valence-electron chi connectivity index (χ3n) is 6.92. The SMILES string of the molecule is Cc1cccc2c1CC(=O)C[C@H]2c1ccccc1.O=C1C[C@@H](c2ccccc2)c2ccccc2O1. The monoisotopic (exact) mass is 460 g/mol. The van der Waals surface area contributed by atoms with Crippen molar-refractivity contribution >= 4 is 11.8 Å². The number of carbonyl (C=O) groups is 2. The lowest BCUT2D eigenvalue weighted by Crippen LogP contribution is -2.20. The van der Waals surface area contributed by atoms with Gasteiger partial charge >= 0.3 is 5.97 Å². The summed E-state index contributed by atoms with van der Waals surface area (Å²) in [6.07, 6.45) is 1.66. The second kappa shape index (κ2) is 10.1.